The summed E-state index contributed by atoms with van der Waals surface area (Å²) in [6.07, 6.45) is 0.0724. The Morgan fingerprint density at radius 3 is 2.20 bits per heavy atom. The van der Waals surface area contributed by atoms with Gasteiger partial charge in [-0.1, -0.05) is 6.92 Å². The summed E-state index contributed by atoms with van der Waals surface area (Å²) >= 11 is 0. The van der Waals surface area contributed by atoms with Gasteiger partial charge in [-0.2, -0.15) is 0 Å². The first-order valence-electron chi connectivity index (χ1n) is 5.93. The molecule has 0 radical (unpaired) electrons. The maximum Gasteiger partial charge on any atom is 0.325 e. The number of benzene rings is 1. The Balaban J connectivity index is 2.89. The Hall–Kier alpha value is -2.05. The Labute approximate surface area is 113 Å². The van der Waals surface area contributed by atoms with Crippen LogP contribution in [-0.2, 0) is 14.3 Å². The van der Waals surface area contributed by atoms with Crippen LogP contribution in [-0.4, -0.2) is 18.5 Å². The molecule has 110 valence electrons. The van der Waals surface area contributed by atoms with E-state index in [0.717, 1.165) is 0 Å². The van der Waals surface area contributed by atoms with Crippen molar-refractivity contribution in [2.75, 3.05) is 6.61 Å². The van der Waals surface area contributed by atoms with Crippen LogP contribution >= 0.6 is 0 Å². The van der Waals surface area contributed by atoms with Crippen molar-refractivity contribution < 1.29 is 32.2 Å². The molecule has 0 spiro atoms. The second-order valence-electron chi connectivity index (χ2n) is 3.83. The summed E-state index contributed by atoms with van der Waals surface area (Å²) in [5, 5.41) is 0. The molecule has 0 fully saturated rings. The quantitative estimate of drug-likeness (QED) is 0.362. The summed E-state index contributed by atoms with van der Waals surface area (Å²) in [5.41, 5.74) is 0. The van der Waals surface area contributed by atoms with Gasteiger partial charge in [0.15, 0.2) is 29.1 Å². The van der Waals surface area contributed by atoms with E-state index in [1.807, 2.05) is 0 Å². The standard InChI is InChI=1S/C13H13F3O4/c1-3-7(12(17)19-4-2)13(18)20-11-6-9(15)8(14)5-10(11)16/h5-7H,3-4H2,1-2H3. The molecule has 7 heteroatoms. The highest BCUT2D eigenvalue weighted by molar-refractivity contribution is 5.95. The minimum absolute atomic E-state index is 0.0716. The molecule has 1 atom stereocenters. The van der Waals surface area contributed by atoms with Crippen LogP contribution in [0.5, 0.6) is 5.75 Å². The number of halogens is 3. The van der Waals surface area contributed by atoms with E-state index in [2.05, 4.69) is 9.47 Å². The number of hydrogen-bond acceptors (Lipinski definition) is 4. The fourth-order valence-electron chi connectivity index (χ4n) is 1.43. The van der Waals surface area contributed by atoms with E-state index in [4.69, 9.17) is 0 Å². The average molecular weight is 290 g/mol. The number of ether oxygens (including phenoxy) is 2. The van der Waals surface area contributed by atoms with Crippen molar-refractivity contribution in [3.05, 3.63) is 29.6 Å². The van der Waals surface area contributed by atoms with Gasteiger partial charge in [0.1, 0.15) is 0 Å². The van der Waals surface area contributed by atoms with Crippen LogP contribution in [0, 0.1) is 23.4 Å². The third-order valence-corrected chi connectivity index (χ3v) is 2.45. The first kappa shape index (κ1) is 16.0. The van der Waals surface area contributed by atoms with Crippen molar-refractivity contribution in [3.8, 4) is 5.75 Å². The number of hydrogen-bond donors (Lipinski definition) is 0. The summed E-state index contributed by atoms with van der Waals surface area (Å²) in [4.78, 5) is 23.2. The molecule has 0 aromatic heterocycles. The molecule has 20 heavy (non-hydrogen) atoms. The minimum atomic E-state index is -1.40. The smallest absolute Gasteiger partial charge is 0.325 e. The molecule has 1 aromatic rings. The van der Waals surface area contributed by atoms with Gasteiger partial charge in [0.05, 0.1) is 6.61 Å². The topological polar surface area (TPSA) is 52.6 Å². The highest BCUT2D eigenvalue weighted by Gasteiger charge is 2.29. The maximum atomic E-state index is 13.3. The van der Waals surface area contributed by atoms with E-state index in [-0.39, 0.29) is 19.1 Å². The lowest BCUT2D eigenvalue weighted by Crippen LogP contribution is -2.29. The van der Waals surface area contributed by atoms with Gasteiger partial charge < -0.3 is 9.47 Å². The Morgan fingerprint density at radius 2 is 1.65 bits per heavy atom. The van der Waals surface area contributed by atoms with Crippen LogP contribution in [0.15, 0.2) is 12.1 Å². The van der Waals surface area contributed by atoms with Crippen molar-refractivity contribution in [2.45, 2.75) is 20.3 Å². The molecule has 0 amide bonds. The summed E-state index contributed by atoms with van der Waals surface area (Å²) in [7, 11) is 0. The highest BCUT2D eigenvalue weighted by Crippen LogP contribution is 2.22. The molecule has 1 aromatic carbocycles. The molecule has 1 unspecified atom stereocenters. The van der Waals surface area contributed by atoms with Crippen LogP contribution in [0.1, 0.15) is 20.3 Å². The van der Waals surface area contributed by atoms with Crippen molar-refractivity contribution in [3.63, 3.8) is 0 Å². The van der Waals surface area contributed by atoms with Gasteiger partial charge in [-0.05, 0) is 13.3 Å². The molecule has 0 N–H and O–H groups in total. The Kier molecular flexibility index (Phi) is 5.54. The van der Waals surface area contributed by atoms with Crippen molar-refractivity contribution in [1.29, 1.82) is 0 Å². The van der Waals surface area contributed by atoms with Gasteiger partial charge >= 0.3 is 11.9 Å². The lowest BCUT2D eigenvalue weighted by Gasteiger charge is -2.13. The van der Waals surface area contributed by atoms with Crippen molar-refractivity contribution in [2.24, 2.45) is 5.92 Å². The molecule has 0 saturated carbocycles. The third kappa shape index (κ3) is 3.72. The van der Waals surface area contributed by atoms with Gasteiger partial charge in [-0.15, -0.1) is 0 Å². The molecule has 0 aliphatic rings. The van der Waals surface area contributed by atoms with E-state index in [0.29, 0.717) is 6.07 Å². The first-order chi connectivity index (χ1) is 9.40. The van der Waals surface area contributed by atoms with E-state index in [1.54, 1.807) is 6.92 Å². The van der Waals surface area contributed by atoms with E-state index in [9.17, 15) is 22.8 Å². The molecule has 0 bridgehead atoms. The number of rotatable bonds is 5. The monoisotopic (exact) mass is 290 g/mol. The predicted octanol–water partition coefficient (Wildman–Crippen LogP) is 2.60. The fraction of sp³-hybridized carbons (Fsp3) is 0.385. The van der Waals surface area contributed by atoms with Gasteiger partial charge in [-0.3, -0.25) is 9.59 Å². The lowest BCUT2D eigenvalue weighted by molar-refractivity contribution is -0.157. The fourth-order valence-corrected chi connectivity index (χ4v) is 1.43. The molecule has 1 rings (SSSR count). The van der Waals surface area contributed by atoms with Crippen LogP contribution in [0.25, 0.3) is 0 Å². The van der Waals surface area contributed by atoms with Gasteiger partial charge in [0.2, 0.25) is 0 Å². The first-order valence-corrected chi connectivity index (χ1v) is 5.93. The minimum Gasteiger partial charge on any atom is -0.465 e. The Morgan fingerprint density at radius 1 is 1.05 bits per heavy atom. The summed E-state index contributed by atoms with van der Waals surface area (Å²) < 4.78 is 48.2. The zero-order valence-electron chi connectivity index (χ0n) is 10.9. The zero-order valence-corrected chi connectivity index (χ0v) is 10.9. The van der Waals surface area contributed by atoms with Crippen LogP contribution in [0.3, 0.4) is 0 Å². The van der Waals surface area contributed by atoms with Gasteiger partial charge in [0, 0.05) is 12.1 Å². The Bertz CT molecular complexity index is 517. The second kappa shape index (κ2) is 6.93. The summed E-state index contributed by atoms with van der Waals surface area (Å²) in [6.45, 7) is 3.16. The van der Waals surface area contributed by atoms with Gasteiger partial charge in [0.25, 0.3) is 0 Å². The maximum absolute atomic E-state index is 13.3. The molecule has 0 aliphatic heterocycles. The average Bonchev–Trinajstić information content (AvgIpc) is 2.37. The SMILES string of the molecule is CCOC(=O)C(CC)C(=O)Oc1cc(F)c(F)cc1F. The molecule has 4 nitrogen and oxygen atoms in total. The largest absolute Gasteiger partial charge is 0.465 e. The van der Waals surface area contributed by atoms with Crippen molar-refractivity contribution in [1.82, 2.24) is 0 Å². The molecular formula is C13H13F3O4. The number of carbonyl (C=O) groups is 2. The lowest BCUT2D eigenvalue weighted by atomic mass is 10.1. The molecular weight excluding hydrogens is 277 g/mol. The van der Waals surface area contributed by atoms with E-state index < -0.39 is 41.1 Å². The zero-order chi connectivity index (χ0) is 15.3. The number of carbonyl (C=O) groups excluding carboxylic acids is 2. The van der Waals surface area contributed by atoms with E-state index in [1.165, 1.54) is 6.92 Å². The van der Waals surface area contributed by atoms with Gasteiger partial charge in [-0.25, -0.2) is 13.2 Å². The van der Waals surface area contributed by atoms with E-state index >= 15 is 0 Å². The summed E-state index contributed by atoms with van der Waals surface area (Å²) in [6, 6.07) is 0.656. The van der Waals surface area contributed by atoms with Crippen LogP contribution < -0.4 is 4.74 Å². The summed E-state index contributed by atoms with van der Waals surface area (Å²) in [5.74, 6) is -7.94. The normalized spacial score (nSPS) is 11.8. The van der Waals surface area contributed by atoms with Crippen LogP contribution in [0.2, 0.25) is 0 Å². The second-order valence-corrected chi connectivity index (χ2v) is 3.83. The predicted molar refractivity (Wildman–Crippen MR) is 62.4 cm³/mol. The van der Waals surface area contributed by atoms with Crippen LogP contribution in [0.4, 0.5) is 13.2 Å². The molecule has 0 aliphatic carbocycles. The third-order valence-electron chi connectivity index (χ3n) is 2.45. The number of esters is 2. The molecule has 0 saturated heterocycles. The molecule has 0 heterocycles. The van der Waals surface area contributed by atoms with Crippen molar-refractivity contribution >= 4 is 11.9 Å². The highest BCUT2D eigenvalue weighted by atomic mass is 19.2.